The molecule has 1 aliphatic carbocycles. The minimum atomic E-state index is 0.519. The van der Waals surface area contributed by atoms with Crippen LogP contribution in [0, 0.1) is 0 Å². The summed E-state index contributed by atoms with van der Waals surface area (Å²) in [5.74, 6) is 0. The van der Waals surface area contributed by atoms with E-state index in [0.717, 1.165) is 24.4 Å². The van der Waals surface area contributed by atoms with Crippen LogP contribution in [0.4, 0.5) is 5.69 Å². The van der Waals surface area contributed by atoms with E-state index in [1.165, 1.54) is 84.2 Å². The van der Waals surface area contributed by atoms with E-state index in [-0.39, 0.29) is 0 Å². The average molecular weight is 480 g/mol. The lowest BCUT2D eigenvalue weighted by molar-refractivity contribution is 0.282. The molecule has 2 aliphatic heterocycles. The molecule has 1 unspecified atom stereocenters. The van der Waals surface area contributed by atoms with E-state index in [9.17, 15) is 0 Å². The molecule has 0 spiro atoms. The van der Waals surface area contributed by atoms with Crippen LogP contribution < -0.4 is 10.6 Å². The van der Waals surface area contributed by atoms with Crippen molar-refractivity contribution in [3.8, 4) is 11.1 Å². The highest BCUT2D eigenvalue weighted by Crippen LogP contribution is 2.32. The second-order valence-electron chi connectivity index (χ2n) is 10.9. The van der Waals surface area contributed by atoms with Crippen molar-refractivity contribution < 1.29 is 0 Å². The fraction of sp³-hybridized carbons (Fsp3) is 0.394. The maximum atomic E-state index is 4.31. The first-order chi connectivity index (χ1) is 17.5. The molecule has 5 rings (SSSR count). The summed E-state index contributed by atoms with van der Waals surface area (Å²) in [7, 11) is 0. The quantitative estimate of drug-likeness (QED) is 0.379. The first-order valence-corrected chi connectivity index (χ1v) is 13.7. The Labute approximate surface area is 217 Å². The van der Waals surface area contributed by atoms with Gasteiger partial charge in [-0.25, -0.2) is 0 Å². The van der Waals surface area contributed by atoms with Crippen LogP contribution >= 0.6 is 0 Å². The van der Waals surface area contributed by atoms with E-state index in [4.69, 9.17) is 0 Å². The molecular weight excluding hydrogens is 438 g/mol. The zero-order valence-corrected chi connectivity index (χ0v) is 22.1. The molecule has 36 heavy (non-hydrogen) atoms. The van der Waals surface area contributed by atoms with E-state index in [0.29, 0.717) is 12.1 Å². The van der Waals surface area contributed by atoms with Gasteiger partial charge in [0.1, 0.15) is 0 Å². The van der Waals surface area contributed by atoms with Gasteiger partial charge in [-0.15, -0.1) is 6.58 Å². The standard InChI is InChI=1S/C33H41N3/c1-5-32-11-8-16-36(32)22-26-12-14-28(15-13-26)29-18-27(19-31(21-29)35-30-9-6-7-10-30)20-33-23(2)17-24(3)34-25(33)4/h5,12-15,17-19,21,30,32,34-35H,1,4,6-11,16,20,22H2,2-3H3. The van der Waals surface area contributed by atoms with Crippen LogP contribution in [0.1, 0.15) is 63.5 Å². The predicted octanol–water partition coefficient (Wildman–Crippen LogP) is 7.74. The van der Waals surface area contributed by atoms with Crippen molar-refractivity contribution in [3.05, 3.63) is 101 Å². The lowest BCUT2D eigenvalue weighted by Gasteiger charge is -2.23. The van der Waals surface area contributed by atoms with Gasteiger partial charge in [0.05, 0.1) is 0 Å². The Morgan fingerprint density at radius 1 is 0.972 bits per heavy atom. The number of nitrogens with zero attached hydrogens (tertiary/aromatic N) is 1. The summed E-state index contributed by atoms with van der Waals surface area (Å²) in [4.78, 5) is 2.55. The lowest BCUT2D eigenvalue weighted by atomic mass is 9.92. The van der Waals surface area contributed by atoms with Gasteiger partial charge in [0.25, 0.3) is 0 Å². The molecule has 188 valence electrons. The third-order valence-corrected chi connectivity index (χ3v) is 8.08. The summed E-state index contributed by atoms with van der Waals surface area (Å²) in [6.45, 7) is 14.8. The number of hydrogen-bond acceptors (Lipinski definition) is 3. The van der Waals surface area contributed by atoms with Gasteiger partial charge in [-0.2, -0.15) is 0 Å². The van der Waals surface area contributed by atoms with Crippen LogP contribution in [0.2, 0.25) is 0 Å². The fourth-order valence-electron chi connectivity index (χ4n) is 6.15. The van der Waals surface area contributed by atoms with E-state index in [2.05, 4.69) is 97.2 Å². The monoisotopic (exact) mass is 479 g/mol. The van der Waals surface area contributed by atoms with Crippen LogP contribution in [0.25, 0.3) is 11.1 Å². The smallest absolute Gasteiger partial charge is 0.0351 e. The number of rotatable bonds is 8. The van der Waals surface area contributed by atoms with E-state index in [1.54, 1.807) is 0 Å². The Morgan fingerprint density at radius 2 is 1.75 bits per heavy atom. The highest BCUT2D eigenvalue weighted by atomic mass is 15.2. The number of benzene rings is 2. The Morgan fingerprint density at radius 3 is 2.47 bits per heavy atom. The molecule has 2 fully saturated rings. The number of likely N-dealkylation sites (tertiary alicyclic amines) is 1. The Hall–Kier alpha value is -3.04. The maximum absolute atomic E-state index is 4.31. The van der Waals surface area contributed by atoms with Gasteiger partial charge in [-0.3, -0.25) is 4.90 Å². The molecule has 0 amide bonds. The highest BCUT2D eigenvalue weighted by Gasteiger charge is 2.21. The third-order valence-electron chi connectivity index (χ3n) is 8.08. The Kier molecular flexibility index (Phi) is 7.48. The van der Waals surface area contributed by atoms with Crippen molar-refractivity contribution in [2.45, 2.75) is 77.4 Å². The molecule has 2 N–H and O–H groups in total. The number of anilines is 1. The zero-order valence-electron chi connectivity index (χ0n) is 22.1. The van der Waals surface area contributed by atoms with Gasteiger partial charge in [0, 0.05) is 35.7 Å². The topological polar surface area (TPSA) is 27.3 Å². The second kappa shape index (κ2) is 10.9. The molecule has 3 nitrogen and oxygen atoms in total. The van der Waals surface area contributed by atoms with Crippen molar-refractivity contribution >= 4 is 5.69 Å². The molecule has 1 saturated heterocycles. The van der Waals surface area contributed by atoms with Gasteiger partial charge in [0.15, 0.2) is 0 Å². The van der Waals surface area contributed by atoms with Crippen molar-refractivity contribution in [2.75, 3.05) is 11.9 Å². The van der Waals surface area contributed by atoms with Gasteiger partial charge >= 0.3 is 0 Å². The lowest BCUT2D eigenvalue weighted by Crippen LogP contribution is -2.26. The van der Waals surface area contributed by atoms with Crippen molar-refractivity contribution in [1.82, 2.24) is 10.2 Å². The molecule has 3 heteroatoms. The Bertz CT molecular complexity index is 1180. The fourth-order valence-corrected chi connectivity index (χ4v) is 6.15. The summed E-state index contributed by atoms with van der Waals surface area (Å²) in [6.07, 6.45) is 12.9. The molecule has 1 atom stereocenters. The average Bonchev–Trinajstić information content (AvgIpc) is 3.53. The second-order valence-corrected chi connectivity index (χ2v) is 10.9. The van der Waals surface area contributed by atoms with Crippen molar-refractivity contribution in [2.24, 2.45) is 0 Å². The number of nitrogens with one attached hydrogen (secondary N) is 2. The molecule has 1 saturated carbocycles. The van der Waals surface area contributed by atoms with Gasteiger partial charge in [-0.1, -0.05) is 55.8 Å². The number of dihydropyridines is 1. The molecule has 2 aromatic carbocycles. The van der Waals surface area contributed by atoms with Gasteiger partial charge in [0.2, 0.25) is 0 Å². The summed E-state index contributed by atoms with van der Waals surface area (Å²) >= 11 is 0. The van der Waals surface area contributed by atoms with Crippen molar-refractivity contribution in [3.63, 3.8) is 0 Å². The molecule has 2 aromatic rings. The van der Waals surface area contributed by atoms with E-state index < -0.39 is 0 Å². The van der Waals surface area contributed by atoms with Crippen LogP contribution in [-0.4, -0.2) is 23.5 Å². The largest absolute Gasteiger partial charge is 0.382 e. The SMILES string of the molecule is C=CC1CCCN1Cc1ccc(-c2cc(CC3=C(C)C=C(C)NC3=C)cc(NC3CCCC3)c2)cc1. The predicted molar refractivity (Wildman–Crippen MR) is 154 cm³/mol. The third kappa shape index (κ3) is 5.68. The first kappa shape index (κ1) is 24.6. The first-order valence-electron chi connectivity index (χ1n) is 13.7. The Balaban J connectivity index is 1.41. The van der Waals surface area contributed by atoms with Crippen molar-refractivity contribution in [1.29, 1.82) is 0 Å². The minimum absolute atomic E-state index is 0.519. The molecule has 2 heterocycles. The van der Waals surface area contributed by atoms with Crippen LogP contribution in [0.5, 0.6) is 0 Å². The summed E-state index contributed by atoms with van der Waals surface area (Å²) < 4.78 is 0. The van der Waals surface area contributed by atoms with Crippen LogP contribution in [0.15, 0.2) is 90.3 Å². The summed E-state index contributed by atoms with van der Waals surface area (Å²) in [5.41, 5.74) is 11.3. The molecule has 3 aliphatic rings. The zero-order chi connectivity index (χ0) is 25.1. The van der Waals surface area contributed by atoms with E-state index in [1.807, 2.05) is 0 Å². The molecule has 0 bridgehead atoms. The van der Waals surface area contributed by atoms with Gasteiger partial charge in [-0.05, 0) is 104 Å². The number of hydrogen-bond donors (Lipinski definition) is 2. The minimum Gasteiger partial charge on any atom is -0.382 e. The molecule has 0 aromatic heterocycles. The van der Waals surface area contributed by atoms with Gasteiger partial charge < -0.3 is 10.6 Å². The van der Waals surface area contributed by atoms with Crippen LogP contribution in [0.3, 0.4) is 0 Å². The molecular formula is C33H41N3. The highest BCUT2D eigenvalue weighted by molar-refractivity contribution is 5.70. The summed E-state index contributed by atoms with van der Waals surface area (Å²) in [6, 6.07) is 17.4. The maximum Gasteiger partial charge on any atom is 0.0351 e. The van der Waals surface area contributed by atoms with Crippen LogP contribution in [-0.2, 0) is 13.0 Å². The molecule has 0 radical (unpaired) electrons. The number of allylic oxidation sites excluding steroid dienone is 4. The normalized spacial score (nSPS) is 21.0. The summed E-state index contributed by atoms with van der Waals surface area (Å²) in [5, 5.41) is 7.27. The van der Waals surface area contributed by atoms with E-state index >= 15 is 0 Å².